The molecule has 0 aromatic heterocycles. The van der Waals surface area contributed by atoms with Crippen LogP contribution in [0.15, 0.2) is 23.2 Å². The number of benzene rings is 1. The van der Waals surface area contributed by atoms with Crippen LogP contribution in [0.5, 0.6) is 0 Å². The van der Waals surface area contributed by atoms with Crippen LogP contribution in [-0.2, 0) is 15.4 Å². The lowest BCUT2D eigenvalue weighted by Crippen LogP contribution is -2.61. The number of nitro benzene ring substituents is 1. The van der Waals surface area contributed by atoms with Gasteiger partial charge in [0.15, 0.2) is 9.84 Å². The van der Waals surface area contributed by atoms with Gasteiger partial charge in [0, 0.05) is 17.7 Å². The second-order valence-electron chi connectivity index (χ2n) is 6.30. The fourth-order valence-electron chi connectivity index (χ4n) is 3.31. The molecular formula is C14H16FN3O4S. The second-order valence-corrected chi connectivity index (χ2v) is 8.60. The van der Waals surface area contributed by atoms with E-state index in [1.165, 1.54) is 6.92 Å². The summed E-state index contributed by atoms with van der Waals surface area (Å²) in [7, 11) is -3.63. The molecule has 2 N–H and O–H groups in total. The summed E-state index contributed by atoms with van der Waals surface area (Å²) in [5, 5.41) is 10.9. The summed E-state index contributed by atoms with van der Waals surface area (Å²) < 4.78 is 38.5. The minimum Gasteiger partial charge on any atom is -0.386 e. The van der Waals surface area contributed by atoms with Crippen LogP contribution >= 0.6 is 0 Å². The molecule has 0 unspecified atom stereocenters. The molecule has 1 fully saturated rings. The Bertz CT molecular complexity index is 832. The average molecular weight is 341 g/mol. The van der Waals surface area contributed by atoms with E-state index in [0.717, 1.165) is 24.6 Å². The summed E-state index contributed by atoms with van der Waals surface area (Å²) in [4.78, 5) is 14.5. The van der Waals surface area contributed by atoms with E-state index in [-0.39, 0.29) is 17.1 Å². The molecule has 2 aliphatic rings. The summed E-state index contributed by atoms with van der Waals surface area (Å²) >= 11 is 0. The first-order valence-corrected chi connectivity index (χ1v) is 8.79. The van der Waals surface area contributed by atoms with Gasteiger partial charge in [0.2, 0.25) is 0 Å². The molecule has 1 aromatic rings. The normalized spacial score (nSPS) is 28.0. The lowest BCUT2D eigenvalue weighted by molar-refractivity contribution is -0.385. The molecular weight excluding hydrogens is 325 g/mol. The van der Waals surface area contributed by atoms with Gasteiger partial charge in [0.1, 0.15) is 21.9 Å². The molecule has 0 bridgehead atoms. The van der Waals surface area contributed by atoms with Gasteiger partial charge in [-0.2, -0.15) is 0 Å². The number of amidine groups is 1. The highest BCUT2D eigenvalue weighted by Gasteiger charge is 2.58. The van der Waals surface area contributed by atoms with Gasteiger partial charge >= 0.3 is 0 Å². The number of sulfone groups is 1. The van der Waals surface area contributed by atoms with E-state index in [2.05, 4.69) is 4.99 Å². The van der Waals surface area contributed by atoms with Gasteiger partial charge in [-0.25, -0.2) is 12.8 Å². The van der Waals surface area contributed by atoms with Gasteiger partial charge in [0.25, 0.3) is 5.69 Å². The molecule has 0 radical (unpaired) electrons. The third kappa shape index (κ3) is 2.13. The standard InChI is InChI=1S/C14H16FN3O4S/c1-13(10-7-9(18(19)20)3-4-11(10)15)8-23(21,22)14(5-2-6-14)12(16)17-13/h3-4,7H,2,5-6,8H2,1H3,(H2,16,17)/t13-/m0/s1. The number of hydrogen-bond donors (Lipinski definition) is 1. The van der Waals surface area contributed by atoms with Crippen molar-refractivity contribution in [2.45, 2.75) is 36.5 Å². The van der Waals surface area contributed by atoms with Gasteiger partial charge < -0.3 is 5.73 Å². The molecule has 1 heterocycles. The molecule has 1 atom stereocenters. The third-order valence-corrected chi connectivity index (χ3v) is 7.55. The highest BCUT2D eigenvalue weighted by atomic mass is 32.2. The van der Waals surface area contributed by atoms with Gasteiger partial charge in [0.05, 0.1) is 10.7 Å². The predicted octanol–water partition coefficient (Wildman–Crippen LogP) is 1.66. The Morgan fingerprint density at radius 3 is 2.52 bits per heavy atom. The summed E-state index contributed by atoms with van der Waals surface area (Å²) in [5.74, 6) is -1.18. The predicted molar refractivity (Wildman–Crippen MR) is 82.4 cm³/mol. The molecule has 7 nitrogen and oxygen atoms in total. The molecule has 1 aromatic carbocycles. The highest BCUT2D eigenvalue weighted by molar-refractivity contribution is 7.93. The Kier molecular flexibility index (Phi) is 3.26. The Balaban J connectivity index is 2.17. The lowest BCUT2D eigenvalue weighted by atomic mass is 9.82. The first kappa shape index (κ1) is 15.9. The zero-order valence-electron chi connectivity index (χ0n) is 12.5. The fraction of sp³-hybridized carbons (Fsp3) is 0.500. The van der Waals surface area contributed by atoms with E-state index in [1.54, 1.807) is 0 Å². The van der Waals surface area contributed by atoms with Gasteiger partial charge in [-0.1, -0.05) is 0 Å². The zero-order valence-corrected chi connectivity index (χ0v) is 13.3. The molecule has 0 saturated heterocycles. The number of non-ortho nitro benzene ring substituents is 1. The quantitative estimate of drug-likeness (QED) is 0.648. The van der Waals surface area contributed by atoms with E-state index in [0.29, 0.717) is 12.8 Å². The summed E-state index contributed by atoms with van der Waals surface area (Å²) in [6, 6.07) is 3.01. The smallest absolute Gasteiger partial charge is 0.270 e. The molecule has 23 heavy (non-hydrogen) atoms. The molecule has 124 valence electrons. The maximum Gasteiger partial charge on any atom is 0.270 e. The number of hydrogen-bond acceptors (Lipinski definition) is 6. The van der Waals surface area contributed by atoms with Crippen molar-refractivity contribution in [1.29, 1.82) is 0 Å². The molecule has 0 amide bonds. The van der Waals surface area contributed by atoms with Crippen molar-refractivity contribution in [2.75, 3.05) is 5.75 Å². The summed E-state index contributed by atoms with van der Waals surface area (Å²) in [6.07, 6.45) is 1.58. The van der Waals surface area contributed by atoms with Crippen molar-refractivity contribution in [3.8, 4) is 0 Å². The second kappa shape index (κ2) is 4.73. The first-order chi connectivity index (χ1) is 10.6. The van der Waals surface area contributed by atoms with Crippen molar-refractivity contribution < 1.29 is 17.7 Å². The number of aliphatic imine (C=N–C) groups is 1. The lowest BCUT2D eigenvalue weighted by Gasteiger charge is -2.46. The Labute approximate surface area is 132 Å². The van der Waals surface area contributed by atoms with Crippen LogP contribution in [0.3, 0.4) is 0 Å². The number of nitrogens with zero attached hydrogens (tertiary/aromatic N) is 2. The zero-order chi connectivity index (χ0) is 17.0. The SMILES string of the molecule is C[C@@]1(c2cc([N+](=O)[O-])ccc2F)CS(=O)(=O)C2(CCC2)C(N)=N1. The molecule has 9 heteroatoms. The van der Waals surface area contributed by atoms with Crippen molar-refractivity contribution in [3.63, 3.8) is 0 Å². The van der Waals surface area contributed by atoms with Gasteiger partial charge in [-0.05, 0) is 32.3 Å². The van der Waals surface area contributed by atoms with Crippen LogP contribution in [0, 0.1) is 15.9 Å². The topological polar surface area (TPSA) is 116 Å². The van der Waals surface area contributed by atoms with Crippen LogP contribution in [-0.4, -0.2) is 29.7 Å². The number of halogens is 1. The first-order valence-electron chi connectivity index (χ1n) is 7.14. The van der Waals surface area contributed by atoms with E-state index in [4.69, 9.17) is 5.73 Å². The summed E-state index contributed by atoms with van der Waals surface area (Å²) in [6.45, 7) is 1.44. The largest absolute Gasteiger partial charge is 0.386 e. The molecule has 1 saturated carbocycles. The average Bonchev–Trinajstić information content (AvgIpc) is 2.34. The van der Waals surface area contributed by atoms with E-state index in [1.807, 2.05) is 0 Å². The van der Waals surface area contributed by atoms with Crippen LogP contribution in [0.2, 0.25) is 0 Å². The van der Waals surface area contributed by atoms with Crippen molar-refractivity contribution in [1.82, 2.24) is 0 Å². The van der Waals surface area contributed by atoms with Crippen LogP contribution in [0.4, 0.5) is 10.1 Å². The van der Waals surface area contributed by atoms with Gasteiger partial charge in [-0.15, -0.1) is 0 Å². The maximum atomic E-state index is 14.2. The van der Waals surface area contributed by atoms with Gasteiger partial charge in [-0.3, -0.25) is 15.1 Å². The fourth-order valence-corrected chi connectivity index (χ4v) is 5.82. The number of nitrogens with two attached hydrogens (primary N) is 1. The Hall–Kier alpha value is -2.03. The molecule has 1 spiro atoms. The number of rotatable bonds is 2. The Morgan fingerprint density at radius 1 is 1.39 bits per heavy atom. The van der Waals surface area contributed by atoms with Crippen molar-refractivity contribution >= 4 is 21.4 Å². The van der Waals surface area contributed by atoms with E-state index in [9.17, 15) is 22.9 Å². The third-order valence-electron chi connectivity index (χ3n) is 4.80. The van der Waals surface area contributed by atoms with E-state index < -0.39 is 36.6 Å². The van der Waals surface area contributed by atoms with Crippen LogP contribution in [0.25, 0.3) is 0 Å². The van der Waals surface area contributed by atoms with Crippen molar-refractivity contribution in [2.24, 2.45) is 10.7 Å². The molecule has 3 rings (SSSR count). The Morgan fingerprint density at radius 2 is 2.04 bits per heavy atom. The van der Waals surface area contributed by atoms with Crippen LogP contribution in [0.1, 0.15) is 31.7 Å². The number of nitro groups is 1. The maximum absolute atomic E-state index is 14.2. The van der Waals surface area contributed by atoms with Crippen LogP contribution < -0.4 is 5.73 Å². The molecule has 1 aliphatic heterocycles. The minimum atomic E-state index is -3.63. The highest BCUT2D eigenvalue weighted by Crippen LogP contribution is 2.47. The minimum absolute atomic E-state index is 0.0246. The summed E-state index contributed by atoms with van der Waals surface area (Å²) in [5.41, 5.74) is 4.00. The van der Waals surface area contributed by atoms with E-state index >= 15 is 0 Å². The van der Waals surface area contributed by atoms with Crippen molar-refractivity contribution in [3.05, 3.63) is 39.7 Å². The molecule has 1 aliphatic carbocycles. The monoisotopic (exact) mass is 341 g/mol.